The third kappa shape index (κ3) is 5.30. The summed E-state index contributed by atoms with van der Waals surface area (Å²) in [7, 11) is 1.39. The number of carbonyl (C=O) groups excluding carboxylic acids is 3. The van der Waals surface area contributed by atoms with E-state index in [0.717, 1.165) is 30.0 Å². The first-order valence-electron chi connectivity index (χ1n) is 13.0. The van der Waals surface area contributed by atoms with Crippen LogP contribution in [0.15, 0.2) is 42.5 Å². The van der Waals surface area contributed by atoms with Crippen molar-refractivity contribution in [3.63, 3.8) is 0 Å². The topological polar surface area (TPSA) is 87.2 Å². The number of ether oxygens (including phenoxy) is 1. The molecule has 2 saturated heterocycles. The zero-order valence-corrected chi connectivity index (χ0v) is 21.0. The summed E-state index contributed by atoms with van der Waals surface area (Å²) in [6, 6.07) is 11.1. The third-order valence-corrected chi connectivity index (χ3v) is 8.00. The van der Waals surface area contributed by atoms with E-state index in [1.54, 1.807) is 9.71 Å². The molecule has 0 spiro atoms. The SMILES string of the molecule is O=C[B]N1Cc2ccccc2C[C@H]1[C@H](O)CCC(=O)c1ccc(C(=O)N2C3CCC2COC3)cc1C(F)F. The molecule has 1 N–H and O–H groups in total. The number of aliphatic hydroxyl groups excluding tert-OH is 1. The first-order valence-corrected chi connectivity index (χ1v) is 13.0. The van der Waals surface area contributed by atoms with Crippen LogP contribution in [-0.2, 0) is 22.5 Å². The van der Waals surface area contributed by atoms with E-state index in [2.05, 4.69) is 0 Å². The summed E-state index contributed by atoms with van der Waals surface area (Å²) < 4.78 is 33.5. The van der Waals surface area contributed by atoms with Gasteiger partial charge in [-0.25, -0.2) is 8.78 Å². The van der Waals surface area contributed by atoms with Crippen molar-refractivity contribution in [2.75, 3.05) is 13.2 Å². The van der Waals surface area contributed by atoms with Crippen molar-refractivity contribution >= 4 is 25.3 Å². The average molecular weight is 523 g/mol. The Balaban J connectivity index is 1.28. The van der Waals surface area contributed by atoms with E-state index in [1.165, 1.54) is 19.5 Å². The van der Waals surface area contributed by atoms with Crippen LogP contribution in [-0.4, -0.2) is 77.6 Å². The van der Waals surface area contributed by atoms with Crippen LogP contribution in [0.2, 0.25) is 0 Å². The standard InChI is InChI=1S/C28H30BF2N2O5/c30-27(31)23-11-18(28(37)33-20-6-7-21(33)15-38-14-20)5-8-22(23)25(35)9-10-26(36)24-12-17-3-1-2-4-19(17)13-32(24)29-16-34/h1-5,8,11,16,20-21,24,26-27,36H,6-7,9-10,12-15H2/t20?,21?,24-,26+/m0/s1. The zero-order chi connectivity index (χ0) is 26.8. The van der Waals surface area contributed by atoms with E-state index in [-0.39, 0.29) is 42.0 Å². The molecule has 0 saturated carbocycles. The van der Waals surface area contributed by atoms with Gasteiger partial charge in [-0.05, 0) is 48.9 Å². The molecule has 38 heavy (non-hydrogen) atoms. The number of hydrogen-bond acceptors (Lipinski definition) is 6. The first kappa shape index (κ1) is 26.7. The fourth-order valence-electron chi connectivity index (χ4n) is 6.01. The number of halogens is 2. The summed E-state index contributed by atoms with van der Waals surface area (Å²) in [5.41, 5.74) is 1.65. The number of ketones is 1. The van der Waals surface area contributed by atoms with Gasteiger partial charge in [-0.3, -0.25) is 9.59 Å². The monoisotopic (exact) mass is 523 g/mol. The van der Waals surface area contributed by atoms with Gasteiger partial charge in [0.1, 0.15) is 0 Å². The number of aliphatic hydroxyl groups is 1. The molecule has 0 aliphatic carbocycles. The lowest BCUT2D eigenvalue weighted by atomic mass is 9.81. The summed E-state index contributed by atoms with van der Waals surface area (Å²) in [6.45, 7) is 1.34. The number of hydrogen-bond donors (Lipinski definition) is 1. The number of rotatable bonds is 9. The summed E-state index contributed by atoms with van der Waals surface area (Å²) in [6.07, 6.45) is -1.16. The Hall–Kier alpha value is -2.95. The van der Waals surface area contributed by atoms with E-state index < -0.39 is 29.9 Å². The first-order chi connectivity index (χ1) is 18.4. The molecular weight excluding hydrogens is 493 g/mol. The van der Waals surface area contributed by atoms with Crippen molar-refractivity contribution in [2.45, 2.75) is 69.3 Å². The van der Waals surface area contributed by atoms with Crippen molar-refractivity contribution in [2.24, 2.45) is 0 Å². The van der Waals surface area contributed by atoms with E-state index in [4.69, 9.17) is 4.74 Å². The largest absolute Gasteiger partial charge is 0.392 e. The summed E-state index contributed by atoms with van der Waals surface area (Å²) in [5.74, 6) is -0.840. The van der Waals surface area contributed by atoms with Crippen LogP contribution in [0.3, 0.4) is 0 Å². The maximum absolute atomic E-state index is 14.0. The van der Waals surface area contributed by atoms with Crippen molar-refractivity contribution in [3.05, 3.63) is 70.3 Å². The zero-order valence-electron chi connectivity index (χ0n) is 21.0. The molecular formula is C28H30BF2N2O5. The molecule has 3 aliphatic heterocycles. The number of amides is 1. The van der Waals surface area contributed by atoms with Crippen molar-refractivity contribution < 1.29 is 33.0 Å². The number of benzene rings is 2. The Morgan fingerprint density at radius 2 is 1.82 bits per heavy atom. The predicted octanol–water partition coefficient (Wildman–Crippen LogP) is 3.19. The van der Waals surface area contributed by atoms with E-state index in [9.17, 15) is 28.3 Å². The van der Waals surface area contributed by atoms with E-state index in [0.29, 0.717) is 32.4 Å². The molecule has 2 aromatic carbocycles. The molecule has 2 aromatic rings. The van der Waals surface area contributed by atoms with Crippen molar-refractivity contribution in [1.29, 1.82) is 0 Å². The number of nitrogens with zero attached hydrogens (tertiary/aromatic N) is 2. The molecule has 2 bridgehead atoms. The van der Waals surface area contributed by atoms with Gasteiger partial charge < -0.3 is 24.3 Å². The number of alkyl halides is 2. The van der Waals surface area contributed by atoms with Crippen LogP contribution in [0.4, 0.5) is 8.78 Å². The normalized spacial score (nSPS) is 23.7. The number of morpholine rings is 1. The van der Waals surface area contributed by atoms with E-state index in [1.807, 2.05) is 24.3 Å². The molecule has 2 unspecified atom stereocenters. The summed E-state index contributed by atoms with van der Waals surface area (Å²) in [4.78, 5) is 40.9. The molecule has 2 fully saturated rings. The number of fused-ring (bicyclic) bond motifs is 3. The maximum Gasteiger partial charge on any atom is 0.293 e. The summed E-state index contributed by atoms with van der Waals surface area (Å²) >= 11 is 0. The van der Waals surface area contributed by atoms with Gasteiger partial charge in [0, 0.05) is 35.7 Å². The van der Waals surface area contributed by atoms with Gasteiger partial charge in [0.2, 0.25) is 0 Å². The Morgan fingerprint density at radius 1 is 1.11 bits per heavy atom. The van der Waals surface area contributed by atoms with Gasteiger partial charge in [-0.2, -0.15) is 0 Å². The lowest BCUT2D eigenvalue weighted by Gasteiger charge is -2.38. The highest BCUT2D eigenvalue weighted by Gasteiger charge is 2.41. The lowest BCUT2D eigenvalue weighted by molar-refractivity contribution is -0.00717. The number of Topliss-reactive ketones (excluding diaryl/α,β-unsaturated/α-hetero) is 1. The molecule has 7 nitrogen and oxygen atoms in total. The smallest absolute Gasteiger partial charge is 0.293 e. The van der Waals surface area contributed by atoms with Gasteiger partial charge in [-0.15, -0.1) is 0 Å². The fourth-order valence-corrected chi connectivity index (χ4v) is 6.01. The summed E-state index contributed by atoms with van der Waals surface area (Å²) in [5, 5.41) is 10.9. The highest BCUT2D eigenvalue weighted by molar-refractivity contribution is 6.64. The van der Waals surface area contributed by atoms with Gasteiger partial charge in [-0.1, -0.05) is 30.3 Å². The molecule has 3 aliphatic rings. The second kappa shape index (κ2) is 11.4. The molecule has 1 amide bonds. The van der Waals surface area contributed by atoms with Crippen LogP contribution >= 0.6 is 0 Å². The quantitative estimate of drug-likeness (QED) is 0.309. The minimum absolute atomic E-state index is 0.0510. The Bertz CT molecular complexity index is 1200. The molecule has 4 atom stereocenters. The molecule has 0 aromatic heterocycles. The highest BCUT2D eigenvalue weighted by Crippen LogP contribution is 2.32. The lowest BCUT2D eigenvalue weighted by Crippen LogP contribution is -2.49. The second-order valence-electron chi connectivity index (χ2n) is 10.3. The minimum atomic E-state index is -2.93. The molecule has 10 heteroatoms. The Kier molecular flexibility index (Phi) is 8.02. The number of carbonyl (C=O) groups is 3. The maximum atomic E-state index is 14.0. The molecule has 199 valence electrons. The van der Waals surface area contributed by atoms with Crippen molar-refractivity contribution in [3.8, 4) is 0 Å². The van der Waals surface area contributed by atoms with Gasteiger partial charge in [0.25, 0.3) is 19.7 Å². The van der Waals surface area contributed by atoms with E-state index >= 15 is 0 Å². The molecule has 1 radical (unpaired) electrons. The van der Waals surface area contributed by atoms with Crippen LogP contribution < -0.4 is 0 Å². The van der Waals surface area contributed by atoms with Crippen molar-refractivity contribution in [1.82, 2.24) is 9.71 Å². The fraction of sp³-hybridized carbons (Fsp3) is 0.464. The minimum Gasteiger partial charge on any atom is -0.392 e. The molecule has 3 heterocycles. The predicted molar refractivity (Wildman–Crippen MR) is 137 cm³/mol. The van der Waals surface area contributed by atoms with Gasteiger partial charge >= 0.3 is 0 Å². The second-order valence-corrected chi connectivity index (χ2v) is 10.3. The Morgan fingerprint density at radius 3 is 2.50 bits per heavy atom. The highest BCUT2D eigenvalue weighted by atomic mass is 19.3. The van der Waals surface area contributed by atoms with Crippen LogP contribution in [0, 0.1) is 0 Å². The van der Waals surface area contributed by atoms with Crippen LogP contribution in [0.5, 0.6) is 0 Å². The van der Waals surface area contributed by atoms with Gasteiger partial charge in [0.15, 0.2) is 5.78 Å². The molecule has 5 rings (SSSR count). The van der Waals surface area contributed by atoms with Crippen LogP contribution in [0.1, 0.15) is 69.5 Å². The average Bonchev–Trinajstić information content (AvgIpc) is 3.18. The Labute approximate surface area is 221 Å². The third-order valence-electron chi connectivity index (χ3n) is 8.00. The van der Waals surface area contributed by atoms with Crippen LogP contribution in [0.25, 0.3) is 0 Å². The van der Waals surface area contributed by atoms with Gasteiger partial charge in [0.05, 0.1) is 37.6 Å².